The average Bonchev–Trinajstić information content (AvgIpc) is 2.98. The number of allylic oxidation sites excluding steroid dienone is 1. The van der Waals surface area contributed by atoms with Crippen molar-refractivity contribution in [3.8, 4) is 0 Å². The first-order valence-electron chi connectivity index (χ1n) is 9.09. The summed E-state index contributed by atoms with van der Waals surface area (Å²) in [7, 11) is 0. The molecule has 2 nitrogen and oxygen atoms in total. The Labute approximate surface area is 171 Å². The standard InChI is InChI=1S/C23H17ClF3NO/c24-18-7-3-4-8-19(18)28-20-11-12-21(29)22(20,14-23(25,26)27)17-10-9-15-5-1-2-6-16(15)13-17/h1-13,20,28H,14H2/t20-,22-/m1/s1. The summed E-state index contributed by atoms with van der Waals surface area (Å²) in [6, 6.07) is 18.3. The molecule has 0 amide bonds. The molecule has 3 aromatic rings. The molecule has 0 fully saturated rings. The minimum Gasteiger partial charge on any atom is -0.376 e. The number of benzene rings is 3. The van der Waals surface area contributed by atoms with Crippen LogP contribution in [0.3, 0.4) is 0 Å². The molecule has 148 valence electrons. The van der Waals surface area contributed by atoms with Crippen molar-refractivity contribution in [2.75, 3.05) is 5.32 Å². The topological polar surface area (TPSA) is 29.1 Å². The number of carbonyl (C=O) groups is 1. The van der Waals surface area contributed by atoms with Gasteiger partial charge in [-0.1, -0.05) is 72.3 Å². The highest BCUT2D eigenvalue weighted by atomic mass is 35.5. The predicted octanol–water partition coefficient (Wildman–Crippen LogP) is 6.30. The molecule has 0 spiro atoms. The van der Waals surface area contributed by atoms with E-state index in [1.54, 1.807) is 42.5 Å². The maximum Gasteiger partial charge on any atom is 0.390 e. The highest BCUT2D eigenvalue weighted by Gasteiger charge is 2.54. The van der Waals surface area contributed by atoms with E-state index >= 15 is 0 Å². The molecule has 0 unspecified atom stereocenters. The Kier molecular flexibility index (Phi) is 4.87. The molecule has 3 aromatic carbocycles. The molecule has 2 atom stereocenters. The molecule has 1 aliphatic rings. The summed E-state index contributed by atoms with van der Waals surface area (Å²) in [4.78, 5) is 12.9. The SMILES string of the molecule is O=C1C=C[C@@H](Nc2ccccc2Cl)[C@@]1(CC(F)(F)F)c1ccc2ccccc2c1. The van der Waals surface area contributed by atoms with Gasteiger partial charge in [0.1, 0.15) is 0 Å². The number of carbonyl (C=O) groups excluding carboxylic acids is 1. The van der Waals surface area contributed by atoms with Crippen molar-refractivity contribution in [2.45, 2.75) is 24.1 Å². The van der Waals surface area contributed by atoms with Crippen LogP contribution in [-0.2, 0) is 10.2 Å². The summed E-state index contributed by atoms with van der Waals surface area (Å²) in [6.45, 7) is 0. The number of nitrogens with one attached hydrogen (secondary N) is 1. The summed E-state index contributed by atoms with van der Waals surface area (Å²) in [5, 5.41) is 5.11. The fraction of sp³-hybridized carbons (Fsp3) is 0.174. The average molecular weight is 416 g/mol. The Bertz CT molecular complexity index is 1110. The van der Waals surface area contributed by atoms with E-state index in [9.17, 15) is 18.0 Å². The first-order chi connectivity index (χ1) is 13.8. The smallest absolute Gasteiger partial charge is 0.376 e. The largest absolute Gasteiger partial charge is 0.390 e. The van der Waals surface area contributed by atoms with Gasteiger partial charge in [-0.3, -0.25) is 4.79 Å². The van der Waals surface area contributed by atoms with Gasteiger partial charge >= 0.3 is 6.18 Å². The summed E-state index contributed by atoms with van der Waals surface area (Å²) in [6.07, 6.45) is -3.08. The summed E-state index contributed by atoms with van der Waals surface area (Å²) in [5.74, 6) is -0.574. The van der Waals surface area contributed by atoms with Gasteiger partial charge in [0.15, 0.2) is 5.78 Å². The predicted molar refractivity (Wildman–Crippen MR) is 109 cm³/mol. The van der Waals surface area contributed by atoms with Gasteiger partial charge in [0.25, 0.3) is 0 Å². The van der Waals surface area contributed by atoms with Gasteiger partial charge in [-0.05, 0) is 34.5 Å². The molecule has 0 saturated carbocycles. The van der Waals surface area contributed by atoms with Crippen LogP contribution >= 0.6 is 11.6 Å². The Morgan fingerprint density at radius 2 is 1.66 bits per heavy atom. The van der Waals surface area contributed by atoms with Gasteiger partial charge in [-0.2, -0.15) is 13.2 Å². The number of rotatable bonds is 4. The van der Waals surface area contributed by atoms with Crippen molar-refractivity contribution in [3.05, 3.63) is 89.5 Å². The maximum atomic E-state index is 13.7. The van der Waals surface area contributed by atoms with Crippen LogP contribution in [0.25, 0.3) is 10.8 Å². The fourth-order valence-corrected chi connectivity index (χ4v) is 4.16. The number of halogens is 4. The first-order valence-corrected chi connectivity index (χ1v) is 9.47. The second kappa shape index (κ2) is 7.23. The molecule has 29 heavy (non-hydrogen) atoms. The molecule has 1 aliphatic carbocycles. The van der Waals surface area contributed by atoms with Gasteiger partial charge in [0, 0.05) is 0 Å². The third-order valence-electron chi connectivity index (χ3n) is 5.34. The van der Waals surface area contributed by atoms with E-state index in [1.165, 1.54) is 12.2 Å². The Morgan fingerprint density at radius 3 is 2.38 bits per heavy atom. The molecule has 0 aliphatic heterocycles. The lowest BCUT2D eigenvalue weighted by atomic mass is 9.71. The van der Waals surface area contributed by atoms with Crippen LogP contribution in [0.5, 0.6) is 0 Å². The van der Waals surface area contributed by atoms with E-state index in [0.717, 1.165) is 10.8 Å². The fourth-order valence-electron chi connectivity index (χ4n) is 3.97. The van der Waals surface area contributed by atoms with E-state index in [4.69, 9.17) is 11.6 Å². The monoisotopic (exact) mass is 415 g/mol. The lowest BCUT2D eigenvalue weighted by Crippen LogP contribution is -2.48. The quantitative estimate of drug-likeness (QED) is 0.541. The summed E-state index contributed by atoms with van der Waals surface area (Å²) in [5.41, 5.74) is -1.000. The van der Waals surface area contributed by atoms with E-state index < -0.39 is 29.8 Å². The van der Waals surface area contributed by atoms with Crippen molar-refractivity contribution in [2.24, 2.45) is 0 Å². The highest BCUT2D eigenvalue weighted by Crippen LogP contribution is 2.45. The van der Waals surface area contributed by atoms with Crippen molar-refractivity contribution < 1.29 is 18.0 Å². The second-order valence-electron chi connectivity index (χ2n) is 7.15. The molecular weight excluding hydrogens is 399 g/mol. The van der Waals surface area contributed by atoms with Gasteiger partial charge in [0.2, 0.25) is 0 Å². The van der Waals surface area contributed by atoms with E-state index in [2.05, 4.69) is 5.32 Å². The molecule has 1 N–H and O–H groups in total. The van der Waals surface area contributed by atoms with Gasteiger partial charge in [-0.25, -0.2) is 0 Å². The first kappa shape index (κ1) is 19.5. The Hall–Kier alpha value is -2.79. The minimum atomic E-state index is -4.53. The molecule has 4 rings (SSSR count). The van der Waals surface area contributed by atoms with E-state index in [1.807, 2.05) is 24.3 Å². The van der Waals surface area contributed by atoms with E-state index in [0.29, 0.717) is 16.3 Å². The maximum absolute atomic E-state index is 13.7. The van der Waals surface area contributed by atoms with Crippen molar-refractivity contribution in [1.82, 2.24) is 0 Å². The minimum absolute atomic E-state index is 0.327. The highest BCUT2D eigenvalue weighted by molar-refractivity contribution is 6.33. The van der Waals surface area contributed by atoms with Gasteiger partial charge in [0.05, 0.1) is 28.6 Å². The Morgan fingerprint density at radius 1 is 0.966 bits per heavy atom. The molecule has 6 heteroatoms. The lowest BCUT2D eigenvalue weighted by molar-refractivity contribution is -0.155. The zero-order chi connectivity index (χ0) is 20.6. The zero-order valence-electron chi connectivity index (χ0n) is 15.2. The Balaban J connectivity index is 1.86. The summed E-state index contributed by atoms with van der Waals surface area (Å²) < 4.78 is 41.0. The number of hydrogen-bond acceptors (Lipinski definition) is 2. The van der Waals surface area contributed by atoms with Crippen LogP contribution in [0.2, 0.25) is 5.02 Å². The third kappa shape index (κ3) is 3.62. The van der Waals surface area contributed by atoms with Crippen molar-refractivity contribution in [1.29, 1.82) is 0 Å². The number of alkyl halides is 3. The van der Waals surface area contributed by atoms with Crippen LogP contribution in [-0.4, -0.2) is 18.0 Å². The summed E-state index contributed by atoms with van der Waals surface area (Å²) >= 11 is 6.20. The number of para-hydroxylation sites is 1. The number of ketones is 1. The van der Waals surface area contributed by atoms with Crippen molar-refractivity contribution in [3.63, 3.8) is 0 Å². The van der Waals surface area contributed by atoms with Crippen LogP contribution in [0, 0.1) is 0 Å². The van der Waals surface area contributed by atoms with E-state index in [-0.39, 0.29) is 0 Å². The van der Waals surface area contributed by atoms with Crippen LogP contribution in [0.15, 0.2) is 78.9 Å². The number of hydrogen-bond donors (Lipinski definition) is 1. The van der Waals surface area contributed by atoms with Crippen LogP contribution in [0.4, 0.5) is 18.9 Å². The third-order valence-corrected chi connectivity index (χ3v) is 5.67. The zero-order valence-corrected chi connectivity index (χ0v) is 16.0. The molecule has 0 radical (unpaired) electrons. The molecular formula is C23H17ClF3NO. The van der Waals surface area contributed by atoms with Crippen LogP contribution < -0.4 is 5.32 Å². The van der Waals surface area contributed by atoms with Gasteiger partial charge < -0.3 is 5.32 Å². The number of fused-ring (bicyclic) bond motifs is 1. The molecule has 0 heterocycles. The second-order valence-corrected chi connectivity index (χ2v) is 7.56. The normalized spacial score (nSPS) is 21.7. The molecule has 0 bridgehead atoms. The molecule has 0 saturated heterocycles. The lowest BCUT2D eigenvalue weighted by Gasteiger charge is -2.36. The number of anilines is 1. The van der Waals surface area contributed by atoms with Gasteiger partial charge in [-0.15, -0.1) is 0 Å². The molecule has 0 aromatic heterocycles. The van der Waals surface area contributed by atoms with Crippen molar-refractivity contribution >= 4 is 33.8 Å². The van der Waals surface area contributed by atoms with Crippen LogP contribution in [0.1, 0.15) is 12.0 Å².